The van der Waals surface area contributed by atoms with Gasteiger partial charge in [0.05, 0.1) is 6.42 Å². The molecule has 0 unspecified atom stereocenters. The fourth-order valence-corrected chi connectivity index (χ4v) is 2.15. The van der Waals surface area contributed by atoms with E-state index in [4.69, 9.17) is 0 Å². The number of ketones is 1. The van der Waals surface area contributed by atoms with Crippen LogP contribution in [0.5, 0.6) is 0 Å². The van der Waals surface area contributed by atoms with Gasteiger partial charge in [-0.25, -0.2) is 4.74 Å². The highest BCUT2D eigenvalue weighted by Crippen LogP contribution is 2.25. The zero-order valence-electron chi connectivity index (χ0n) is 10.3. The molecular formula is C14H17NO2. The third-order valence-electron chi connectivity index (χ3n) is 3.32. The van der Waals surface area contributed by atoms with Gasteiger partial charge in [0.2, 0.25) is 0 Å². The molecule has 3 nitrogen and oxygen atoms in total. The molecule has 0 saturated carbocycles. The minimum atomic E-state index is -0.355. The number of carbonyl (C=O) groups is 1. The molecule has 0 fully saturated rings. The van der Waals surface area contributed by atoms with Crippen molar-refractivity contribution in [1.82, 2.24) is 0 Å². The summed E-state index contributed by atoms with van der Waals surface area (Å²) in [5.74, 6) is 0.0270. The van der Waals surface area contributed by atoms with Crippen LogP contribution in [0.25, 0.3) is 0 Å². The Morgan fingerprint density at radius 3 is 2.53 bits per heavy atom. The van der Waals surface area contributed by atoms with Crippen molar-refractivity contribution in [1.29, 1.82) is 0 Å². The van der Waals surface area contributed by atoms with E-state index in [2.05, 4.69) is 0 Å². The molecule has 0 spiro atoms. The van der Waals surface area contributed by atoms with Crippen LogP contribution in [0, 0.1) is 5.21 Å². The first-order chi connectivity index (χ1) is 8.00. The van der Waals surface area contributed by atoms with Gasteiger partial charge in [-0.1, -0.05) is 30.3 Å². The Balaban J connectivity index is 2.14. The molecule has 0 amide bonds. The van der Waals surface area contributed by atoms with E-state index in [-0.39, 0.29) is 17.7 Å². The maximum absolute atomic E-state index is 12.0. The van der Waals surface area contributed by atoms with Crippen LogP contribution < -0.4 is 0 Å². The fourth-order valence-electron chi connectivity index (χ4n) is 2.15. The highest BCUT2D eigenvalue weighted by atomic mass is 16.5. The maximum atomic E-state index is 12.0. The third-order valence-corrected chi connectivity index (χ3v) is 3.32. The summed E-state index contributed by atoms with van der Waals surface area (Å²) in [7, 11) is 0. The van der Waals surface area contributed by atoms with Gasteiger partial charge in [0, 0.05) is 32.3 Å². The van der Waals surface area contributed by atoms with Gasteiger partial charge in [-0.15, -0.1) is 0 Å². The number of rotatable bonds is 3. The Bertz CT molecular complexity index is 460. The van der Waals surface area contributed by atoms with Gasteiger partial charge in [-0.05, 0) is 0 Å². The van der Waals surface area contributed by atoms with E-state index in [1.165, 1.54) is 0 Å². The third kappa shape index (κ3) is 2.38. The molecule has 0 radical (unpaired) electrons. The largest absolute Gasteiger partial charge is 0.623 e. The summed E-state index contributed by atoms with van der Waals surface area (Å²) in [5.41, 5.74) is 1.04. The molecule has 1 aliphatic heterocycles. The van der Waals surface area contributed by atoms with E-state index in [9.17, 15) is 10.0 Å². The van der Waals surface area contributed by atoms with Crippen molar-refractivity contribution in [3.05, 3.63) is 41.1 Å². The van der Waals surface area contributed by atoms with E-state index in [0.29, 0.717) is 11.3 Å². The molecule has 1 aromatic rings. The molecule has 1 heterocycles. The Labute approximate surface area is 101 Å². The summed E-state index contributed by atoms with van der Waals surface area (Å²) in [4.78, 5) is 12.0. The van der Waals surface area contributed by atoms with Crippen LogP contribution in [0.3, 0.4) is 0 Å². The molecule has 17 heavy (non-hydrogen) atoms. The van der Waals surface area contributed by atoms with Crippen molar-refractivity contribution in [2.24, 2.45) is 0 Å². The highest BCUT2D eigenvalue weighted by Gasteiger charge is 2.37. The number of Topliss-reactive ketones (excluding diaryl/α,β-unsaturated/α-hetero) is 1. The number of hydroxylamine groups is 1. The van der Waals surface area contributed by atoms with Crippen molar-refractivity contribution >= 4 is 11.5 Å². The van der Waals surface area contributed by atoms with Crippen molar-refractivity contribution < 1.29 is 9.53 Å². The molecular weight excluding hydrogens is 214 g/mol. The summed E-state index contributed by atoms with van der Waals surface area (Å²) >= 11 is 0. The minimum Gasteiger partial charge on any atom is -0.623 e. The molecule has 1 aromatic carbocycles. The molecule has 0 atom stereocenters. The highest BCUT2D eigenvalue weighted by molar-refractivity contribution is 6.08. The van der Waals surface area contributed by atoms with Crippen molar-refractivity contribution in [3.8, 4) is 0 Å². The molecule has 3 heteroatoms. The lowest BCUT2D eigenvalue weighted by Crippen LogP contribution is -2.29. The van der Waals surface area contributed by atoms with Gasteiger partial charge in [-0.2, -0.15) is 0 Å². The number of carbonyl (C=O) groups excluding carboxylic acids is 1. The second kappa shape index (κ2) is 4.32. The summed E-state index contributed by atoms with van der Waals surface area (Å²) < 4.78 is 1.02. The summed E-state index contributed by atoms with van der Waals surface area (Å²) in [5, 5.41) is 11.9. The number of hydrogen-bond acceptors (Lipinski definition) is 2. The summed E-state index contributed by atoms with van der Waals surface area (Å²) in [6, 6.07) is 9.13. The molecule has 0 N–H and O–H groups in total. The minimum absolute atomic E-state index is 0.0270. The molecule has 2 rings (SSSR count). The van der Waals surface area contributed by atoms with Crippen molar-refractivity contribution in [2.75, 3.05) is 0 Å². The molecule has 0 bridgehead atoms. The number of benzene rings is 1. The van der Waals surface area contributed by atoms with Gasteiger partial charge >= 0.3 is 0 Å². The normalized spacial score (nSPS) is 18.5. The zero-order chi connectivity index (χ0) is 12.5. The average Bonchev–Trinajstić information content (AvgIpc) is 2.57. The van der Waals surface area contributed by atoms with Crippen LogP contribution >= 0.6 is 0 Å². The summed E-state index contributed by atoms with van der Waals surface area (Å²) in [6.45, 7) is 3.83. The number of hydrogen-bond donors (Lipinski definition) is 0. The zero-order valence-corrected chi connectivity index (χ0v) is 10.3. The van der Waals surface area contributed by atoms with E-state index in [1.807, 2.05) is 32.0 Å². The van der Waals surface area contributed by atoms with Crippen molar-refractivity contribution in [2.45, 2.75) is 38.6 Å². The molecule has 0 aromatic heterocycles. The monoisotopic (exact) mass is 231 g/mol. The lowest BCUT2D eigenvalue weighted by Gasteiger charge is -2.18. The van der Waals surface area contributed by atoms with Crippen LogP contribution in [-0.4, -0.2) is 21.8 Å². The van der Waals surface area contributed by atoms with E-state index < -0.39 is 0 Å². The SMILES string of the molecule is CC1(C)CCC(CC(=O)c2ccccc2)=[N+]1[O-]. The first kappa shape index (κ1) is 11.8. The van der Waals surface area contributed by atoms with Gasteiger partial charge < -0.3 is 5.21 Å². The van der Waals surface area contributed by atoms with Crippen LogP contribution in [0.15, 0.2) is 30.3 Å². The summed E-state index contributed by atoms with van der Waals surface area (Å²) in [6.07, 6.45) is 1.81. The Kier molecular flexibility index (Phi) is 3.01. The Hall–Kier alpha value is -1.64. The smallest absolute Gasteiger partial charge is 0.172 e. The lowest BCUT2D eigenvalue weighted by atomic mass is 10.0. The van der Waals surface area contributed by atoms with Gasteiger partial charge in [-0.3, -0.25) is 4.79 Å². The molecule has 90 valence electrons. The second-order valence-corrected chi connectivity index (χ2v) is 5.14. The van der Waals surface area contributed by atoms with Crippen LogP contribution in [-0.2, 0) is 0 Å². The Morgan fingerprint density at radius 2 is 2.00 bits per heavy atom. The first-order valence-corrected chi connectivity index (χ1v) is 5.91. The van der Waals surface area contributed by atoms with Crippen molar-refractivity contribution in [3.63, 3.8) is 0 Å². The van der Waals surface area contributed by atoms with E-state index in [1.54, 1.807) is 12.1 Å². The quantitative estimate of drug-likeness (QED) is 0.456. The van der Waals surface area contributed by atoms with Crippen LogP contribution in [0.4, 0.5) is 0 Å². The molecule has 0 aliphatic carbocycles. The molecule has 0 saturated heterocycles. The first-order valence-electron chi connectivity index (χ1n) is 5.91. The topological polar surface area (TPSA) is 43.1 Å². The molecule has 1 aliphatic rings. The second-order valence-electron chi connectivity index (χ2n) is 5.14. The predicted molar refractivity (Wildman–Crippen MR) is 67.3 cm³/mol. The van der Waals surface area contributed by atoms with Crippen LogP contribution in [0.1, 0.15) is 43.5 Å². The van der Waals surface area contributed by atoms with Gasteiger partial charge in [0.15, 0.2) is 17.0 Å². The maximum Gasteiger partial charge on any atom is 0.172 e. The predicted octanol–water partition coefficient (Wildman–Crippen LogP) is 2.78. The van der Waals surface area contributed by atoms with Gasteiger partial charge in [0.25, 0.3) is 0 Å². The number of nitrogens with zero attached hydrogens (tertiary/aromatic N) is 1. The van der Waals surface area contributed by atoms with E-state index in [0.717, 1.165) is 17.6 Å². The average molecular weight is 231 g/mol. The fraction of sp³-hybridized carbons (Fsp3) is 0.429. The standard InChI is InChI=1S/C14H17NO2/c1-14(2)9-8-12(15(14)17)10-13(16)11-6-4-3-5-7-11/h3-7H,8-10H2,1-2H3. The lowest BCUT2D eigenvalue weighted by molar-refractivity contribution is -0.531. The van der Waals surface area contributed by atoms with Gasteiger partial charge in [0.1, 0.15) is 0 Å². The van der Waals surface area contributed by atoms with E-state index >= 15 is 0 Å². The van der Waals surface area contributed by atoms with Crippen LogP contribution in [0.2, 0.25) is 0 Å². The Morgan fingerprint density at radius 1 is 1.35 bits per heavy atom.